The molecule has 0 bridgehead atoms. The van der Waals surface area contributed by atoms with Gasteiger partial charge in [0, 0.05) is 6.42 Å². The molecule has 0 aromatic rings. The first-order valence-corrected chi connectivity index (χ1v) is 4.64. The molecule has 1 saturated carbocycles. The van der Waals surface area contributed by atoms with Crippen molar-refractivity contribution in [3.8, 4) is 0 Å². The molecule has 0 spiro atoms. The van der Waals surface area contributed by atoms with E-state index in [4.69, 9.17) is 0 Å². The van der Waals surface area contributed by atoms with E-state index in [0.29, 0.717) is 11.7 Å². The van der Waals surface area contributed by atoms with Crippen LogP contribution in [0.1, 0.15) is 32.1 Å². The highest BCUT2D eigenvalue weighted by Gasteiger charge is 2.33. The lowest BCUT2D eigenvalue weighted by Gasteiger charge is -2.35. The first-order chi connectivity index (χ1) is 5.38. The Kier molecular flexibility index (Phi) is 1.95. The molecule has 1 unspecified atom stereocenters. The van der Waals surface area contributed by atoms with Crippen molar-refractivity contribution in [2.24, 2.45) is 5.92 Å². The van der Waals surface area contributed by atoms with Crippen LogP contribution in [0.5, 0.6) is 0 Å². The highest BCUT2D eigenvalue weighted by atomic mass is 16.1. The fraction of sp³-hybridized carbons (Fsp3) is 0.889. The molecule has 2 aliphatic rings. The minimum absolute atomic E-state index is 0.234. The summed E-state index contributed by atoms with van der Waals surface area (Å²) in [5.41, 5.74) is 0. The summed E-state index contributed by atoms with van der Waals surface area (Å²) < 4.78 is 0. The number of carbonyl (C=O) groups is 1. The van der Waals surface area contributed by atoms with E-state index in [1.807, 2.05) is 0 Å². The minimum Gasteiger partial charge on any atom is -0.307 e. The van der Waals surface area contributed by atoms with E-state index in [1.165, 1.54) is 19.3 Å². The van der Waals surface area contributed by atoms with Crippen LogP contribution in [0.2, 0.25) is 0 Å². The SMILES string of the molecule is O=C1CCCNC1C1CCC1. The fourth-order valence-corrected chi connectivity index (χ4v) is 1.99. The lowest BCUT2D eigenvalue weighted by Crippen LogP contribution is -2.48. The molecule has 1 heterocycles. The van der Waals surface area contributed by atoms with Gasteiger partial charge in [-0.25, -0.2) is 0 Å². The van der Waals surface area contributed by atoms with Crippen molar-refractivity contribution < 1.29 is 4.79 Å². The topological polar surface area (TPSA) is 29.1 Å². The summed E-state index contributed by atoms with van der Waals surface area (Å²) in [6.45, 7) is 1.05. The van der Waals surface area contributed by atoms with Crippen LogP contribution in [0, 0.1) is 5.92 Å². The van der Waals surface area contributed by atoms with Gasteiger partial charge in [0.25, 0.3) is 0 Å². The van der Waals surface area contributed by atoms with Crippen LogP contribution >= 0.6 is 0 Å². The van der Waals surface area contributed by atoms with Crippen LogP contribution in [0.15, 0.2) is 0 Å². The predicted molar refractivity (Wildman–Crippen MR) is 43.4 cm³/mol. The van der Waals surface area contributed by atoms with E-state index in [2.05, 4.69) is 5.32 Å². The number of nitrogens with one attached hydrogen (secondary N) is 1. The molecule has 2 heteroatoms. The number of hydrogen-bond donors (Lipinski definition) is 1. The normalized spacial score (nSPS) is 33.5. The van der Waals surface area contributed by atoms with E-state index in [0.717, 1.165) is 19.4 Å². The van der Waals surface area contributed by atoms with Crippen LogP contribution in [-0.4, -0.2) is 18.4 Å². The van der Waals surface area contributed by atoms with Crippen LogP contribution < -0.4 is 5.32 Å². The van der Waals surface area contributed by atoms with Crippen molar-refractivity contribution >= 4 is 5.78 Å². The smallest absolute Gasteiger partial charge is 0.150 e. The molecule has 0 radical (unpaired) electrons. The van der Waals surface area contributed by atoms with Gasteiger partial charge in [-0.1, -0.05) is 6.42 Å². The second kappa shape index (κ2) is 2.94. The van der Waals surface area contributed by atoms with Crippen molar-refractivity contribution in [1.29, 1.82) is 0 Å². The van der Waals surface area contributed by atoms with Crippen molar-refractivity contribution in [1.82, 2.24) is 5.32 Å². The maximum absolute atomic E-state index is 11.4. The Morgan fingerprint density at radius 2 is 2.09 bits per heavy atom. The molecule has 1 N–H and O–H groups in total. The van der Waals surface area contributed by atoms with Gasteiger partial charge in [-0.2, -0.15) is 0 Å². The first kappa shape index (κ1) is 7.29. The van der Waals surface area contributed by atoms with Crippen molar-refractivity contribution in [3.63, 3.8) is 0 Å². The number of carbonyl (C=O) groups excluding carboxylic acids is 1. The molecule has 0 aromatic carbocycles. The molecule has 1 aliphatic carbocycles. The van der Waals surface area contributed by atoms with E-state index in [-0.39, 0.29) is 6.04 Å². The van der Waals surface area contributed by atoms with Gasteiger partial charge in [-0.15, -0.1) is 0 Å². The third kappa shape index (κ3) is 1.32. The molecule has 1 atom stereocenters. The molecule has 0 amide bonds. The summed E-state index contributed by atoms with van der Waals surface area (Å²) in [6, 6.07) is 0.234. The fourth-order valence-electron chi connectivity index (χ4n) is 1.99. The Bertz CT molecular complexity index is 163. The Labute approximate surface area is 67.4 Å². The van der Waals surface area contributed by atoms with Crippen molar-refractivity contribution in [2.75, 3.05) is 6.54 Å². The lowest BCUT2D eigenvalue weighted by atomic mass is 9.76. The van der Waals surface area contributed by atoms with Gasteiger partial charge >= 0.3 is 0 Å². The zero-order chi connectivity index (χ0) is 7.68. The van der Waals surface area contributed by atoms with E-state index in [1.54, 1.807) is 0 Å². The molecule has 2 nitrogen and oxygen atoms in total. The van der Waals surface area contributed by atoms with E-state index >= 15 is 0 Å². The molecule has 2 rings (SSSR count). The van der Waals surface area contributed by atoms with Crippen LogP contribution in [0.25, 0.3) is 0 Å². The summed E-state index contributed by atoms with van der Waals surface area (Å²) in [5.74, 6) is 1.14. The van der Waals surface area contributed by atoms with Gasteiger partial charge in [-0.05, 0) is 31.7 Å². The maximum atomic E-state index is 11.4. The summed E-state index contributed by atoms with van der Waals surface area (Å²) in [4.78, 5) is 11.4. The zero-order valence-electron chi connectivity index (χ0n) is 6.81. The highest BCUT2D eigenvalue weighted by molar-refractivity contribution is 5.85. The standard InChI is InChI=1S/C9H15NO/c11-8-5-2-6-10-9(8)7-3-1-4-7/h7,9-10H,1-6H2. The van der Waals surface area contributed by atoms with E-state index in [9.17, 15) is 4.79 Å². The van der Waals surface area contributed by atoms with E-state index < -0.39 is 0 Å². The molecule has 62 valence electrons. The Morgan fingerprint density at radius 3 is 2.64 bits per heavy atom. The van der Waals surface area contributed by atoms with Gasteiger partial charge in [0.1, 0.15) is 5.78 Å². The van der Waals surface area contributed by atoms with Crippen LogP contribution in [0.4, 0.5) is 0 Å². The van der Waals surface area contributed by atoms with Gasteiger partial charge in [0.15, 0.2) is 0 Å². The second-order valence-electron chi connectivity index (χ2n) is 3.69. The summed E-state index contributed by atoms with van der Waals surface area (Å²) >= 11 is 0. The lowest BCUT2D eigenvalue weighted by molar-refractivity contribution is -0.124. The average Bonchev–Trinajstić information content (AvgIpc) is 1.90. The number of rotatable bonds is 1. The summed E-state index contributed by atoms with van der Waals surface area (Å²) in [7, 11) is 0. The second-order valence-corrected chi connectivity index (χ2v) is 3.69. The highest BCUT2D eigenvalue weighted by Crippen LogP contribution is 2.31. The molecule has 1 saturated heterocycles. The van der Waals surface area contributed by atoms with Gasteiger partial charge in [0.05, 0.1) is 6.04 Å². The third-order valence-electron chi connectivity index (χ3n) is 2.93. The Balaban J connectivity index is 1.93. The summed E-state index contributed by atoms with van der Waals surface area (Å²) in [6.07, 6.45) is 5.72. The zero-order valence-corrected chi connectivity index (χ0v) is 6.81. The average molecular weight is 153 g/mol. The number of piperidine rings is 1. The van der Waals surface area contributed by atoms with Crippen LogP contribution in [-0.2, 0) is 4.79 Å². The van der Waals surface area contributed by atoms with Gasteiger partial charge < -0.3 is 5.32 Å². The van der Waals surface area contributed by atoms with Crippen LogP contribution in [0.3, 0.4) is 0 Å². The molecule has 1 aliphatic heterocycles. The Hall–Kier alpha value is -0.370. The molecule has 0 aromatic heterocycles. The quantitative estimate of drug-likeness (QED) is 0.611. The van der Waals surface area contributed by atoms with Crippen molar-refractivity contribution in [3.05, 3.63) is 0 Å². The summed E-state index contributed by atoms with van der Waals surface area (Å²) in [5, 5.41) is 3.32. The van der Waals surface area contributed by atoms with Crippen molar-refractivity contribution in [2.45, 2.75) is 38.1 Å². The molecule has 11 heavy (non-hydrogen) atoms. The number of hydrogen-bond acceptors (Lipinski definition) is 2. The third-order valence-corrected chi connectivity index (χ3v) is 2.93. The number of Topliss-reactive ketones (excluding diaryl/α,β-unsaturated/α-hetero) is 1. The monoisotopic (exact) mass is 153 g/mol. The minimum atomic E-state index is 0.234. The molecular formula is C9H15NO. The maximum Gasteiger partial charge on any atom is 0.150 e. The Morgan fingerprint density at radius 1 is 1.27 bits per heavy atom. The largest absolute Gasteiger partial charge is 0.307 e. The molecular weight excluding hydrogens is 138 g/mol. The predicted octanol–water partition coefficient (Wildman–Crippen LogP) is 1.11. The van der Waals surface area contributed by atoms with Gasteiger partial charge in [0.2, 0.25) is 0 Å². The first-order valence-electron chi connectivity index (χ1n) is 4.64. The van der Waals surface area contributed by atoms with Gasteiger partial charge in [-0.3, -0.25) is 4.79 Å². The number of ketones is 1. The molecule has 2 fully saturated rings.